The zero-order valence-corrected chi connectivity index (χ0v) is 12.2. The molecule has 0 saturated carbocycles. The summed E-state index contributed by atoms with van der Waals surface area (Å²) in [7, 11) is 0. The number of carbonyl (C=O) groups excluding carboxylic acids is 1. The Morgan fingerprint density at radius 2 is 2.05 bits per heavy atom. The maximum absolute atomic E-state index is 12.7. The van der Waals surface area contributed by atoms with Gasteiger partial charge in [-0.25, -0.2) is 4.98 Å². The summed E-state index contributed by atoms with van der Waals surface area (Å²) < 4.78 is 0. The van der Waals surface area contributed by atoms with Gasteiger partial charge in [-0.3, -0.25) is 14.8 Å². The number of nitrogens with one attached hydrogen (secondary N) is 1. The van der Waals surface area contributed by atoms with Crippen LogP contribution in [0.3, 0.4) is 0 Å². The van der Waals surface area contributed by atoms with Crippen LogP contribution < -0.4 is 0 Å². The molecule has 3 heterocycles. The van der Waals surface area contributed by atoms with Crippen molar-refractivity contribution in [3.05, 3.63) is 65.0 Å². The standard InChI is InChI=1S/C16H10N4OS/c21-15(11-7-19-12-4-2-1-3-10(11)12)16-20-14(9-22-16)13-8-17-5-6-18-13/h1-9,19H. The SMILES string of the molecule is O=C(c1nc(-c2cnccn2)cs1)c1c[nH]c2ccccc12. The Morgan fingerprint density at radius 3 is 2.91 bits per heavy atom. The summed E-state index contributed by atoms with van der Waals surface area (Å²) in [5, 5.41) is 3.18. The first kappa shape index (κ1) is 12.8. The highest BCUT2D eigenvalue weighted by molar-refractivity contribution is 7.12. The van der Waals surface area contributed by atoms with Crippen LogP contribution in [-0.4, -0.2) is 25.7 Å². The van der Waals surface area contributed by atoms with Crippen LogP contribution in [0.15, 0.2) is 54.4 Å². The minimum Gasteiger partial charge on any atom is -0.360 e. The number of thiazole rings is 1. The number of H-pyrrole nitrogens is 1. The van der Waals surface area contributed by atoms with E-state index in [0.29, 0.717) is 22.0 Å². The van der Waals surface area contributed by atoms with Crippen molar-refractivity contribution in [2.45, 2.75) is 0 Å². The van der Waals surface area contributed by atoms with E-state index in [9.17, 15) is 4.79 Å². The Morgan fingerprint density at radius 1 is 1.14 bits per heavy atom. The molecule has 4 aromatic rings. The predicted molar refractivity (Wildman–Crippen MR) is 84.9 cm³/mol. The zero-order chi connectivity index (χ0) is 14.9. The minimum atomic E-state index is -0.0856. The number of hydrogen-bond donors (Lipinski definition) is 1. The number of fused-ring (bicyclic) bond motifs is 1. The van der Waals surface area contributed by atoms with E-state index >= 15 is 0 Å². The van der Waals surface area contributed by atoms with Crippen molar-refractivity contribution in [3.63, 3.8) is 0 Å². The first-order chi connectivity index (χ1) is 10.8. The lowest BCUT2D eigenvalue weighted by atomic mass is 10.1. The molecule has 0 bridgehead atoms. The lowest BCUT2D eigenvalue weighted by Crippen LogP contribution is -1.99. The Bertz CT molecular complexity index is 958. The van der Waals surface area contributed by atoms with Crippen molar-refractivity contribution in [1.82, 2.24) is 19.9 Å². The van der Waals surface area contributed by atoms with Gasteiger partial charge >= 0.3 is 0 Å². The van der Waals surface area contributed by atoms with Gasteiger partial charge in [0, 0.05) is 34.9 Å². The third kappa shape index (κ3) is 2.10. The molecule has 6 heteroatoms. The first-order valence-corrected chi connectivity index (χ1v) is 7.53. The van der Waals surface area contributed by atoms with Gasteiger partial charge in [0.05, 0.1) is 11.8 Å². The summed E-state index contributed by atoms with van der Waals surface area (Å²) in [6, 6.07) is 7.72. The number of aromatic amines is 1. The second-order valence-electron chi connectivity index (χ2n) is 4.71. The van der Waals surface area contributed by atoms with Gasteiger partial charge < -0.3 is 4.98 Å². The second-order valence-corrected chi connectivity index (χ2v) is 5.56. The number of ketones is 1. The Labute approximate surface area is 129 Å². The Balaban J connectivity index is 1.73. The molecule has 0 aliphatic heterocycles. The van der Waals surface area contributed by atoms with Crippen LogP contribution in [0.25, 0.3) is 22.3 Å². The number of aromatic nitrogens is 4. The third-order valence-electron chi connectivity index (χ3n) is 3.36. The van der Waals surface area contributed by atoms with E-state index in [1.54, 1.807) is 24.8 Å². The molecule has 0 amide bonds. The molecule has 0 radical (unpaired) electrons. The summed E-state index contributed by atoms with van der Waals surface area (Å²) >= 11 is 1.32. The molecule has 3 aromatic heterocycles. The smallest absolute Gasteiger partial charge is 0.223 e. The van der Waals surface area contributed by atoms with Gasteiger partial charge in [0.15, 0.2) is 5.01 Å². The summed E-state index contributed by atoms with van der Waals surface area (Å²) in [5.41, 5.74) is 2.91. The van der Waals surface area contributed by atoms with Crippen molar-refractivity contribution in [1.29, 1.82) is 0 Å². The molecule has 0 spiro atoms. The molecule has 4 rings (SSSR count). The summed E-state index contributed by atoms with van der Waals surface area (Å²) in [5.74, 6) is -0.0856. The molecule has 0 atom stereocenters. The van der Waals surface area contributed by atoms with E-state index in [4.69, 9.17) is 0 Å². The number of hydrogen-bond acceptors (Lipinski definition) is 5. The number of rotatable bonds is 3. The highest BCUT2D eigenvalue weighted by Crippen LogP contribution is 2.25. The molecule has 22 heavy (non-hydrogen) atoms. The fourth-order valence-electron chi connectivity index (χ4n) is 2.30. The van der Waals surface area contributed by atoms with Gasteiger partial charge in [-0.2, -0.15) is 0 Å². The lowest BCUT2D eigenvalue weighted by Gasteiger charge is -1.95. The van der Waals surface area contributed by atoms with Crippen molar-refractivity contribution in [3.8, 4) is 11.4 Å². The molecule has 1 N–H and O–H groups in total. The molecule has 5 nitrogen and oxygen atoms in total. The molecular weight excluding hydrogens is 296 g/mol. The van der Waals surface area contributed by atoms with Crippen molar-refractivity contribution >= 4 is 28.0 Å². The highest BCUT2D eigenvalue weighted by Gasteiger charge is 2.18. The molecule has 0 aliphatic rings. The number of nitrogens with zero attached hydrogens (tertiary/aromatic N) is 3. The van der Waals surface area contributed by atoms with Gasteiger partial charge in [0.25, 0.3) is 0 Å². The zero-order valence-electron chi connectivity index (χ0n) is 11.4. The van der Waals surface area contributed by atoms with E-state index in [1.165, 1.54) is 11.3 Å². The van der Waals surface area contributed by atoms with Gasteiger partial charge in [-0.1, -0.05) is 18.2 Å². The van der Waals surface area contributed by atoms with Crippen LogP contribution in [0, 0.1) is 0 Å². The lowest BCUT2D eigenvalue weighted by molar-refractivity contribution is 0.104. The molecule has 1 aromatic carbocycles. The summed E-state index contributed by atoms with van der Waals surface area (Å²) in [6.07, 6.45) is 6.58. The van der Waals surface area contributed by atoms with Crippen LogP contribution in [0.4, 0.5) is 0 Å². The van der Waals surface area contributed by atoms with E-state index in [-0.39, 0.29) is 5.78 Å². The normalized spacial score (nSPS) is 10.9. The molecular formula is C16H10N4OS. The number of benzene rings is 1. The number of carbonyl (C=O) groups is 1. The number of para-hydroxylation sites is 1. The van der Waals surface area contributed by atoms with E-state index in [1.807, 2.05) is 29.6 Å². The summed E-state index contributed by atoms with van der Waals surface area (Å²) in [4.78, 5) is 28.4. The van der Waals surface area contributed by atoms with Gasteiger partial charge in [-0.15, -0.1) is 11.3 Å². The maximum Gasteiger partial charge on any atom is 0.223 e. The largest absolute Gasteiger partial charge is 0.360 e. The molecule has 0 fully saturated rings. The topological polar surface area (TPSA) is 71.5 Å². The van der Waals surface area contributed by atoms with Crippen LogP contribution in [-0.2, 0) is 0 Å². The fraction of sp³-hybridized carbons (Fsp3) is 0. The summed E-state index contributed by atoms with van der Waals surface area (Å²) in [6.45, 7) is 0. The van der Waals surface area contributed by atoms with Crippen molar-refractivity contribution in [2.24, 2.45) is 0 Å². The molecule has 0 saturated heterocycles. The highest BCUT2D eigenvalue weighted by atomic mass is 32.1. The monoisotopic (exact) mass is 306 g/mol. The molecule has 0 aliphatic carbocycles. The quantitative estimate of drug-likeness (QED) is 0.589. The first-order valence-electron chi connectivity index (χ1n) is 6.65. The van der Waals surface area contributed by atoms with Gasteiger partial charge in [0.2, 0.25) is 5.78 Å². The molecule has 106 valence electrons. The van der Waals surface area contributed by atoms with E-state index in [2.05, 4.69) is 19.9 Å². The second kappa shape index (κ2) is 5.16. The van der Waals surface area contributed by atoms with Gasteiger partial charge in [-0.05, 0) is 6.07 Å². The van der Waals surface area contributed by atoms with Crippen molar-refractivity contribution < 1.29 is 4.79 Å². The van der Waals surface area contributed by atoms with E-state index < -0.39 is 0 Å². The van der Waals surface area contributed by atoms with Crippen molar-refractivity contribution in [2.75, 3.05) is 0 Å². The maximum atomic E-state index is 12.7. The predicted octanol–water partition coefficient (Wildman–Crippen LogP) is 3.31. The van der Waals surface area contributed by atoms with Crippen LogP contribution in [0.1, 0.15) is 15.4 Å². The van der Waals surface area contributed by atoms with Crippen LogP contribution >= 0.6 is 11.3 Å². The van der Waals surface area contributed by atoms with Crippen LogP contribution in [0.5, 0.6) is 0 Å². The molecule has 0 unspecified atom stereocenters. The van der Waals surface area contributed by atoms with Gasteiger partial charge in [0.1, 0.15) is 11.4 Å². The third-order valence-corrected chi connectivity index (χ3v) is 4.20. The average Bonchev–Trinajstić information content (AvgIpc) is 3.22. The average molecular weight is 306 g/mol. The van der Waals surface area contributed by atoms with E-state index in [0.717, 1.165) is 10.9 Å². The minimum absolute atomic E-state index is 0.0856. The Kier molecular flexibility index (Phi) is 3.01. The Hall–Kier alpha value is -2.86. The fourth-order valence-corrected chi connectivity index (χ4v) is 3.07. The van der Waals surface area contributed by atoms with Crippen LogP contribution in [0.2, 0.25) is 0 Å².